The van der Waals surface area contributed by atoms with Crippen LogP contribution in [0.15, 0.2) is 18.2 Å². The van der Waals surface area contributed by atoms with Crippen molar-refractivity contribution in [3.8, 4) is 0 Å². The van der Waals surface area contributed by atoms with Crippen LogP contribution in [0.1, 0.15) is 12.5 Å². The number of nitrogens with zero attached hydrogens (tertiary/aromatic N) is 1. The van der Waals surface area contributed by atoms with E-state index >= 15 is 0 Å². The molecular formula is C13H16F2N2O3. The minimum Gasteiger partial charge on any atom is -0.481 e. The summed E-state index contributed by atoms with van der Waals surface area (Å²) in [5.41, 5.74) is 0.414. The van der Waals surface area contributed by atoms with Gasteiger partial charge < -0.3 is 15.3 Å². The molecule has 0 aliphatic carbocycles. The van der Waals surface area contributed by atoms with Crippen LogP contribution < -0.4 is 5.32 Å². The molecule has 0 fully saturated rings. The summed E-state index contributed by atoms with van der Waals surface area (Å²) in [5.74, 6) is -3.61. The Morgan fingerprint density at radius 2 is 2.00 bits per heavy atom. The van der Waals surface area contributed by atoms with Crippen molar-refractivity contribution in [1.29, 1.82) is 0 Å². The Labute approximate surface area is 115 Å². The summed E-state index contributed by atoms with van der Waals surface area (Å²) in [6.07, 6.45) is 0. The molecule has 0 aliphatic heterocycles. The number of benzene rings is 1. The lowest BCUT2D eigenvalue weighted by Gasteiger charge is -2.20. The molecule has 0 aliphatic rings. The number of carbonyl (C=O) groups is 2. The molecule has 0 saturated carbocycles. The zero-order valence-electron chi connectivity index (χ0n) is 11.2. The van der Waals surface area contributed by atoms with E-state index in [0.717, 1.165) is 12.1 Å². The van der Waals surface area contributed by atoms with Crippen molar-refractivity contribution in [3.63, 3.8) is 0 Å². The molecule has 0 heterocycles. The Balaban J connectivity index is 2.50. The largest absolute Gasteiger partial charge is 0.481 e. The van der Waals surface area contributed by atoms with Crippen molar-refractivity contribution < 1.29 is 23.5 Å². The molecule has 0 aromatic heterocycles. The number of carboxylic acid groups (broad SMARTS) is 1. The Hall–Kier alpha value is -2.18. The average molecular weight is 286 g/mol. The smallest absolute Gasteiger partial charge is 0.317 e. The zero-order valence-corrected chi connectivity index (χ0v) is 11.2. The molecule has 5 nitrogen and oxygen atoms in total. The summed E-state index contributed by atoms with van der Waals surface area (Å²) in [6, 6.07) is 2.85. The molecule has 20 heavy (non-hydrogen) atoms. The molecule has 1 unspecified atom stereocenters. The number of rotatable bonds is 5. The van der Waals surface area contributed by atoms with Crippen molar-refractivity contribution >= 4 is 12.0 Å². The molecule has 2 amide bonds. The third kappa shape index (κ3) is 4.49. The third-order valence-electron chi connectivity index (χ3n) is 2.74. The number of carbonyl (C=O) groups excluding carboxylic acids is 1. The van der Waals surface area contributed by atoms with Crippen LogP contribution in [-0.4, -0.2) is 35.6 Å². The monoisotopic (exact) mass is 286 g/mol. The van der Waals surface area contributed by atoms with E-state index < -0.39 is 29.6 Å². The van der Waals surface area contributed by atoms with Crippen molar-refractivity contribution in [1.82, 2.24) is 10.2 Å². The highest BCUT2D eigenvalue weighted by molar-refractivity contribution is 5.75. The normalized spacial score (nSPS) is 11.8. The first-order chi connectivity index (χ1) is 9.31. The molecule has 0 radical (unpaired) electrons. The lowest BCUT2D eigenvalue weighted by Crippen LogP contribution is -2.40. The van der Waals surface area contributed by atoms with Crippen molar-refractivity contribution in [2.24, 2.45) is 5.92 Å². The van der Waals surface area contributed by atoms with Crippen LogP contribution >= 0.6 is 0 Å². The van der Waals surface area contributed by atoms with E-state index in [1.54, 1.807) is 0 Å². The Bertz CT molecular complexity index is 508. The van der Waals surface area contributed by atoms with Gasteiger partial charge in [0, 0.05) is 20.1 Å². The molecule has 1 rings (SSSR count). The van der Waals surface area contributed by atoms with E-state index in [9.17, 15) is 18.4 Å². The van der Waals surface area contributed by atoms with Crippen LogP contribution in [0.2, 0.25) is 0 Å². The van der Waals surface area contributed by atoms with Crippen molar-refractivity contribution in [3.05, 3.63) is 35.4 Å². The summed E-state index contributed by atoms with van der Waals surface area (Å²) >= 11 is 0. The second-order valence-corrected chi connectivity index (χ2v) is 4.53. The average Bonchev–Trinajstić information content (AvgIpc) is 2.39. The molecule has 1 aromatic carbocycles. The van der Waals surface area contributed by atoms with Gasteiger partial charge in [0.2, 0.25) is 0 Å². The number of hydrogen-bond donors (Lipinski definition) is 2. The van der Waals surface area contributed by atoms with Gasteiger partial charge in [0.05, 0.1) is 5.92 Å². The lowest BCUT2D eigenvalue weighted by molar-refractivity contribution is -0.141. The van der Waals surface area contributed by atoms with Crippen LogP contribution in [0.4, 0.5) is 13.6 Å². The van der Waals surface area contributed by atoms with Gasteiger partial charge in [0.1, 0.15) is 0 Å². The van der Waals surface area contributed by atoms with Crippen molar-refractivity contribution in [2.45, 2.75) is 13.5 Å². The third-order valence-corrected chi connectivity index (χ3v) is 2.74. The summed E-state index contributed by atoms with van der Waals surface area (Å²) in [4.78, 5) is 23.6. The molecule has 7 heteroatoms. The van der Waals surface area contributed by atoms with Gasteiger partial charge in [-0.1, -0.05) is 13.0 Å². The van der Waals surface area contributed by atoms with E-state index in [1.807, 2.05) is 0 Å². The quantitative estimate of drug-likeness (QED) is 0.867. The van der Waals surface area contributed by atoms with Crippen LogP contribution in [0.3, 0.4) is 0 Å². The van der Waals surface area contributed by atoms with Crippen LogP contribution in [0.25, 0.3) is 0 Å². The van der Waals surface area contributed by atoms with Crippen molar-refractivity contribution in [2.75, 3.05) is 13.6 Å². The molecule has 1 atom stereocenters. The standard InChI is InChI=1S/C13H16F2N2O3/c1-8(12(18)19)7-17(2)13(20)16-6-9-3-4-10(14)11(15)5-9/h3-5,8H,6-7H2,1-2H3,(H,16,20)(H,18,19). The second kappa shape index (κ2) is 6.83. The Morgan fingerprint density at radius 3 is 2.55 bits per heavy atom. The van der Waals surface area contributed by atoms with Gasteiger partial charge in [-0.3, -0.25) is 4.79 Å². The van der Waals surface area contributed by atoms with E-state index in [-0.39, 0.29) is 13.1 Å². The number of aliphatic carboxylic acids is 1. The molecule has 0 bridgehead atoms. The Kier molecular flexibility index (Phi) is 5.42. The number of nitrogens with one attached hydrogen (secondary N) is 1. The van der Waals surface area contributed by atoms with Gasteiger partial charge in [0.25, 0.3) is 0 Å². The zero-order chi connectivity index (χ0) is 15.3. The lowest BCUT2D eigenvalue weighted by atomic mass is 10.2. The topological polar surface area (TPSA) is 69.6 Å². The van der Waals surface area contributed by atoms with Gasteiger partial charge in [0.15, 0.2) is 11.6 Å². The Morgan fingerprint density at radius 1 is 1.35 bits per heavy atom. The highest BCUT2D eigenvalue weighted by Gasteiger charge is 2.17. The van der Waals surface area contributed by atoms with E-state index in [1.165, 1.54) is 24.9 Å². The summed E-state index contributed by atoms with van der Waals surface area (Å²) < 4.78 is 25.7. The predicted molar refractivity (Wildman–Crippen MR) is 68.0 cm³/mol. The number of amides is 2. The number of carboxylic acids is 1. The minimum absolute atomic E-state index is 0.0296. The first-order valence-corrected chi connectivity index (χ1v) is 5.97. The van der Waals surface area contributed by atoms with E-state index in [0.29, 0.717) is 5.56 Å². The first-order valence-electron chi connectivity index (χ1n) is 5.97. The molecule has 0 spiro atoms. The minimum atomic E-state index is -0.995. The van der Waals surface area contributed by atoms with E-state index in [2.05, 4.69) is 5.32 Å². The fraction of sp³-hybridized carbons (Fsp3) is 0.385. The molecular weight excluding hydrogens is 270 g/mol. The fourth-order valence-corrected chi connectivity index (χ4v) is 1.53. The SMILES string of the molecule is CC(CN(C)C(=O)NCc1ccc(F)c(F)c1)C(=O)O. The second-order valence-electron chi connectivity index (χ2n) is 4.53. The predicted octanol–water partition coefficient (Wildman–Crippen LogP) is 1.83. The molecule has 1 aromatic rings. The number of halogens is 2. The van der Waals surface area contributed by atoms with Gasteiger partial charge in [-0.25, -0.2) is 13.6 Å². The summed E-state index contributed by atoms with van der Waals surface area (Å²) in [5, 5.41) is 11.2. The highest BCUT2D eigenvalue weighted by atomic mass is 19.2. The molecule has 110 valence electrons. The highest BCUT2D eigenvalue weighted by Crippen LogP contribution is 2.08. The number of hydrogen-bond acceptors (Lipinski definition) is 2. The van der Waals surface area contributed by atoms with Gasteiger partial charge >= 0.3 is 12.0 Å². The van der Waals surface area contributed by atoms with Gasteiger partial charge in [-0.15, -0.1) is 0 Å². The molecule has 2 N–H and O–H groups in total. The maximum Gasteiger partial charge on any atom is 0.317 e. The van der Waals surface area contributed by atoms with Crippen LogP contribution in [0, 0.1) is 17.6 Å². The molecule has 0 saturated heterocycles. The summed E-state index contributed by atoms with van der Waals surface area (Å²) in [7, 11) is 1.46. The fourth-order valence-electron chi connectivity index (χ4n) is 1.53. The first kappa shape index (κ1) is 15.9. The van der Waals surface area contributed by atoms with Gasteiger partial charge in [-0.2, -0.15) is 0 Å². The van der Waals surface area contributed by atoms with Crippen LogP contribution in [-0.2, 0) is 11.3 Å². The van der Waals surface area contributed by atoms with Crippen LogP contribution in [0.5, 0.6) is 0 Å². The maximum atomic E-state index is 13.0. The van der Waals surface area contributed by atoms with Gasteiger partial charge in [-0.05, 0) is 17.7 Å². The summed E-state index contributed by atoms with van der Waals surface area (Å²) in [6.45, 7) is 1.57. The van der Waals surface area contributed by atoms with E-state index in [4.69, 9.17) is 5.11 Å². The number of urea groups is 1. The maximum absolute atomic E-state index is 13.0.